The number of benzene rings is 2. The van der Waals surface area contributed by atoms with Crippen molar-refractivity contribution in [3.63, 3.8) is 0 Å². The molecule has 0 amide bonds. The molecule has 4 nitrogen and oxygen atoms in total. The van der Waals surface area contributed by atoms with E-state index in [1.54, 1.807) is 18.5 Å². The van der Waals surface area contributed by atoms with Gasteiger partial charge in [-0.2, -0.15) is 13.2 Å². The number of hydrogen-bond donors (Lipinski definition) is 0. The number of halogens is 3. The first kappa shape index (κ1) is 20.2. The molecule has 0 saturated heterocycles. The smallest absolute Gasteiger partial charge is 0.297 e. The molecule has 0 unspecified atom stereocenters. The maximum atomic E-state index is 13.0. The third-order valence-electron chi connectivity index (χ3n) is 4.44. The van der Waals surface area contributed by atoms with Gasteiger partial charge in [0, 0.05) is 23.7 Å². The Labute approximate surface area is 175 Å². The summed E-state index contributed by atoms with van der Waals surface area (Å²) in [4.78, 5) is 4.15. The van der Waals surface area contributed by atoms with E-state index in [1.807, 2.05) is 47.0 Å². The molecule has 2 aromatic heterocycles. The second-order valence-corrected chi connectivity index (χ2v) is 7.55. The van der Waals surface area contributed by atoms with Gasteiger partial charge in [0.25, 0.3) is 0 Å². The number of pyridine rings is 1. The van der Waals surface area contributed by atoms with Gasteiger partial charge in [-0.25, -0.2) is 0 Å². The summed E-state index contributed by atoms with van der Waals surface area (Å²) in [6, 6.07) is 19.0. The van der Waals surface area contributed by atoms with Crippen molar-refractivity contribution < 1.29 is 13.2 Å². The van der Waals surface area contributed by atoms with E-state index in [1.165, 1.54) is 23.9 Å². The number of hydrogen-bond acceptors (Lipinski definition) is 4. The highest BCUT2D eigenvalue weighted by molar-refractivity contribution is 7.98. The summed E-state index contributed by atoms with van der Waals surface area (Å²) < 4.78 is 40.9. The lowest BCUT2D eigenvalue weighted by molar-refractivity contribution is -0.137. The predicted molar refractivity (Wildman–Crippen MR) is 110 cm³/mol. The molecule has 0 aliphatic rings. The third kappa shape index (κ3) is 4.71. The van der Waals surface area contributed by atoms with Crippen LogP contribution in [0.3, 0.4) is 0 Å². The first-order chi connectivity index (χ1) is 14.5. The fourth-order valence-electron chi connectivity index (χ4n) is 3.00. The Kier molecular flexibility index (Phi) is 5.85. The molecule has 0 N–H and O–H groups in total. The van der Waals surface area contributed by atoms with Crippen LogP contribution in [0.5, 0.6) is 0 Å². The van der Waals surface area contributed by atoms with Gasteiger partial charge in [0.2, 0.25) is 0 Å². The van der Waals surface area contributed by atoms with Gasteiger partial charge in [-0.3, -0.25) is 9.55 Å². The van der Waals surface area contributed by atoms with Crippen LogP contribution in [0.15, 0.2) is 84.3 Å². The zero-order chi connectivity index (χ0) is 21.0. The van der Waals surface area contributed by atoms with Crippen molar-refractivity contribution in [1.29, 1.82) is 0 Å². The standard InChI is InChI=1S/C22H17F3N4S/c23-22(24,25)19-10-4-8-17(12-19)15-30-21-28-27-20(18-9-5-11-26-13-18)29(21)14-16-6-2-1-3-7-16/h1-13H,14-15H2. The minimum atomic E-state index is -4.36. The van der Waals surface area contributed by atoms with Gasteiger partial charge in [-0.05, 0) is 29.3 Å². The number of nitrogens with zero attached hydrogens (tertiary/aromatic N) is 4. The molecule has 0 bridgehead atoms. The average molecular weight is 426 g/mol. The summed E-state index contributed by atoms with van der Waals surface area (Å²) >= 11 is 1.36. The number of alkyl halides is 3. The molecule has 4 aromatic rings. The minimum absolute atomic E-state index is 0.351. The van der Waals surface area contributed by atoms with Crippen LogP contribution in [0.25, 0.3) is 11.4 Å². The first-order valence-corrected chi connectivity index (χ1v) is 10.2. The maximum absolute atomic E-state index is 13.0. The SMILES string of the molecule is FC(F)(F)c1cccc(CSc2nnc(-c3cccnc3)n2Cc2ccccc2)c1. The highest BCUT2D eigenvalue weighted by atomic mass is 32.2. The van der Waals surface area contributed by atoms with E-state index in [2.05, 4.69) is 15.2 Å². The van der Waals surface area contributed by atoms with Gasteiger partial charge in [-0.15, -0.1) is 10.2 Å². The lowest BCUT2D eigenvalue weighted by Crippen LogP contribution is -2.05. The lowest BCUT2D eigenvalue weighted by atomic mass is 10.1. The average Bonchev–Trinajstić information content (AvgIpc) is 3.15. The van der Waals surface area contributed by atoms with E-state index >= 15 is 0 Å². The second kappa shape index (κ2) is 8.71. The molecule has 0 saturated carbocycles. The van der Waals surface area contributed by atoms with Gasteiger partial charge < -0.3 is 0 Å². The molecule has 0 aliphatic heterocycles. The molecule has 2 heterocycles. The Morgan fingerprint density at radius 1 is 0.867 bits per heavy atom. The number of rotatable bonds is 6. The van der Waals surface area contributed by atoms with Gasteiger partial charge >= 0.3 is 6.18 Å². The van der Waals surface area contributed by atoms with Crippen molar-refractivity contribution in [3.8, 4) is 11.4 Å². The maximum Gasteiger partial charge on any atom is 0.416 e. The van der Waals surface area contributed by atoms with Crippen LogP contribution in [0.1, 0.15) is 16.7 Å². The van der Waals surface area contributed by atoms with Crippen molar-refractivity contribution in [2.24, 2.45) is 0 Å². The molecule has 0 fully saturated rings. The van der Waals surface area contributed by atoms with E-state index in [4.69, 9.17) is 0 Å². The summed E-state index contributed by atoms with van der Waals surface area (Å²) in [6.07, 6.45) is -0.959. The molecule has 0 radical (unpaired) electrons. The zero-order valence-electron chi connectivity index (χ0n) is 15.8. The van der Waals surface area contributed by atoms with E-state index in [0.29, 0.717) is 28.8 Å². The summed E-state index contributed by atoms with van der Waals surface area (Å²) in [5.74, 6) is 1.02. The normalized spacial score (nSPS) is 11.6. The first-order valence-electron chi connectivity index (χ1n) is 9.17. The van der Waals surface area contributed by atoms with Crippen molar-refractivity contribution >= 4 is 11.8 Å². The molecular weight excluding hydrogens is 409 g/mol. The molecule has 8 heteroatoms. The van der Waals surface area contributed by atoms with Crippen LogP contribution in [0, 0.1) is 0 Å². The summed E-state index contributed by atoms with van der Waals surface area (Å²) in [6.45, 7) is 0.545. The molecule has 0 atom stereocenters. The molecule has 0 aliphatic carbocycles. The minimum Gasteiger partial charge on any atom is -0.297 e. The fraction of sp³-hybridized carbons (Fsp3) is 0.136. The molecule has 30 heavy (non-hydrogen) atoms. The summed E-state index contributed by atoms with van der Waals surface area (Å²) in [5, 5.41) is 9.26. The third-order valence-corrected chi connectivity index (χ3v) is 5.48. The van der Waals surface area contributed by atoms with Crippen LogP contribution < -0.4 is 0 Å². The van der Waals surface area contributed by atoms with Crippen LogP contribution in [-0.4, -0.2) is 19.7 Å². The Hall–Kier alpha value is -3.13. The van der Waals surface area contributed by atoms with Crippen LogP contribution in [0.2, 0.25) is 0 Å². The van der Waals surface area contributed by atoms with Crippen molar-refractivity contribution in [2.75, 3.05) is 0 Å². The largest absolute Gasteiger partial charge is 0.416 e. The lowest BCUT2D eigenvalue weighted by Gasteiger charge is -2.11. The summed E-state index contributed by atoms with van der Waals surface area (Å²) in [7, 11) is 0. The predicted octanol–water partition coefficient (Wildman–Crippen LogP) is 5.70. The van der Waals surface area contributed by atoms with Crippen molar-refractivity contribution in [3.05, 3.63) is 95.8 Å². The van der Waals surface area contributed by atoms with Crippen LogP contribution >= 0.6 is 11.8 Å². The van der Waals surface area contributed by atoms with Gasteiger partial charge in [-0.1, -0.05) is 60.3 Å². The van der Waals surface area contributed by atoms with Gasteiger partial charge in [0.1, 0.15) is 0 Å². The Balaban J connectivity index is 1.62. The number of thioether (sulfide) groups is 1. The second-order valence-electron chi connectivity index (χ2n) is 6.61. The summed E-state index contributed by atoms with van der Waals surface area (Å²) in [5.41, 5.74) is 1.82. The Morgan fingerprint density at radius 2 is 1.67 bits per heavy atom. The van der Waals surface area contributed by atoms with Crippen molar-refractivity contribution in [1.82, 2.24) is 19.7 Å². The van der Waals surface area contributed by atoms with Gasteiger partial charge in [0.15, 0.2) is 11.0 Å². The topological polar surface area (TPSA) is 43.6 Å². The van der Waals surface area contributed by atoms with Crippen LogP contribution in [-0.2, 0) is 18.5 Å². The fourth-order valence-corrected chi connectivity index (χ4v) is 3.88. The Bertz CT molecular complexity index is 1110. The quantitative estimate of drug-likeness (QED) is 0.371. The van der Waals surface area contributed by atoms with Crippen LogP contribution in [0.4, 0.5) is 13.2 Å². The highest BCUT2D eigenvalue weighted by Crippen LogP contribution is 2.32. The number of aromatic nitrogens is 4. The Morgan fingerprint density at radius 3 is 2.40 bits per heavy atom. The van der Waals surface area contributed by atoms with E-state index < -0.39 is 11.7 Å². The molecule has 2 aromatic carbocycles. The zero-order valence-corrected chi connectivity index (χ0v) is 16.6. The van der Waals surface area contributed by atoms with E-state index in [0.717, 1.165) is 17.2 Å². The highest BCUT2D eigenvalue weighted by Gasteiger charge is 2.30. The molecular formula is C22H17F3N4S. The van der Waals surface area contributed by atoms with E-state index in [9.17, 15) is 13.2 Å². The van der Waals surface area contributed by atoms with Crippen molar-refractivity contribution in [2.45, 2.75) is 23.6 Å². The van der Waals surface area contributed by atoms with Gasteiger partial charge in [0.05, 0.1) is 12.1 Å². The monoisotopic (exact) mass is 426 g/mol. The molecule has 0 spiro atoms. The molecule has 152 valence electrons. The van der Waals surface area contributed by atoms with E-state index in [-0.39, 0.29) is 0 Å². The molecule has 4 rings (SSSR count).